The normalized spacial score (nSPS) is 17.8. The number of hydrogen-bond donors (Lipinski definition) is 0. The molecule has 2 aromatic rings. The first-order valence-electron chi connectivity index (χ1n) is 5.29. The van der Waals surface area contributed by atoms with Crippen molar-refractivity contribution in [2.45, 2.75) is 24.8 Å². The monoisotopic (exact) mass is 214 g/mol. The molecule has 0 radical (unpaired) electrons. The number of isocyanates is 1. The lowest BCUT2D eigenvalue weighted by molar-refractivity contribution is 0.254. The highest BCUT2D eigenvalue weighted by Gasteiger charge is 2.41. The Kier molecular flexibility index (Phi) is 1.91. The van der Waals surface area contributed by atoms with Crippen molar-refractivity contribution in [3.8, 4) is 0 Å². The van der Waals surface area contributed by atoms with E-state index in [9.17, 15) is 4.79 Å². The first-order chi connectivity index (χ1) is 7.86. The smallest absolute Gasteiger partial charge is 0.235 e. The Balaban J connectivity index is 2.24. The van der Waals surface area contributed by atoms with E-state index in [0.717, 1.165) is 35.8 Å². The maximum absolute atomic E-state index is 10.5. The van der Waals surface area contributed by atoms with Gasteiger partial charge in [0.1, 0.15) is 5.54 Å². The Morgan fingerprint density at radius 3 is 3.00 bits per heavy atom. The quantitative estimate of drug-likeness (QED) is 0.570. The van der Waals surface area contributed by atoms with Gasteiger partial charge in [0.2, 0.25) is 6.08 Å². The molecule has 0 saturated heterocycles. The summed E-state index contributed by atoms with van der Waals surface area (Å²) in [5.74, 6) is 0. The van der Waals surface area contributed by atoms with Crippen molar-refractivity contribution in [1.82, 2.24) is 5.16 Å². The van der Waals surface area contributed by atoms with Crippen LogP contribution < -0.4 is 0 Å². The molecule has 1 saturated carbocycles. The highest BCUT2D eigenvalue weighted by Crippen LogP contribution is 2.46. The van der Waals surface area contributed by atoms with Gasteiger partial charge in [-0.2, -0.15) is 4.99 Å². The number of benzene rings is 1. The molecule has 3 rings (SSSR count). The van der Waals surface area contributed by atoms with Gasteiger partial charge in [0, 0.05) is 10.9 Å². The van der Waals surface area contributed by atoms with Crippen molar-refractivity contribution < 1.29 is 9.32 Å². The fourth-order valence-corrected chi connectivity index (χ4v) is 2.30. The van der Waals surface area contributed by atoms with Crippen LogP contribution in [0, 0.1) is 0 Å². The van der Waals surface area contributed by atoms with E-state index < -0.39 is 5.54 Å². The molecule has 4 nitrogen and oxygen atoms in total. The molecule has 1 aliphatic rings. The molecule has 0 N–H and O–H groups in total. The van der Waals surface area contributed by atoms with Gasteiger partial charge >= 0.3 is 0 Å². The van der Waals surface area contributed by atoms with Gasteiger partial charge in [-0.15, -0.1) is 0 Å². The van der Waals surface area contributed by atoms with Gasteiger partial charge in [0.15, 0.2) is 5.58 Å². The van der Waals surface area contributed by atoms with Crippen LogP contribution >= 0.6 is 0 Å². The number of para-hydroxylation sites is 1. The van der Waals surface area contributed by atoms with Crippen LogP contribution in [-0.2, 0) is 10.3 Å². The van der Waals surface area contributed by atoms with Gasteiger partial charge in [-0.05, 0) is 25.3 Å². The Labute approximate surface area is 92.0 Å². The first kappa shape index (κ1) is 9.31. The number of rotatable bonds is 2. The van der Waals surface area contributed by atoms with Gasteiger partial charge in [-0.1, -0.05) is 17.3 Å². The summed E-state index contributed by atoms with van der Waals surface area (Å²) in [6, 6.07) is 5.83. The number of nitrogens with zero attached hydrogens (tertiary/aromatic N) is 2. The van der Waals surface area contributed by atoms with Gasteiger partial charge in [-0.3, -0.25) is 0 Å². The molecule has 1 aromatic carbocycles. The van der Waals surface area contributed by atoms with Gasteiger partial charge in [0.05, 0.1) is 6.20 Å². The lowest BCUT2D eigenvalue weighted by Crippen LogP contribution is -2.31. The summed E-state index contributed by atoms with van der Waals surface area (Å²) in [6.45, 7) is 0. The van der Waals surface area contributed by atoms with Gasteiger partial charge < -0.3 is 4.52 Å². The third-order valence-electron chi connectivity index (χ3n) is 3.32. The molecule has 16 heavy (non-hydrogen) atoms. The average Bonchev–Trinajstić information content (AvgIpc) is 2.71. The highest BCUT2D eigenvalue weighted by atomic mass is 16.5. The molecular weight excluding hydrogens is 204 g/mol. The highest BCUT2D eigenvalue weighted by molar-refractivity contribution is 5.80. The van der Waals surface area contributed by atoms with Crippen molar-refractivity contribution in [2.75, 3.05) is 0 Å². The third-order valence-corrected chi connectivity index (χ3v) is 3.32. The largest absolute Gasteiger partial charge is 0.356 e. The summed E-state index contributed by atoms with van der Waals surface area (Å²) in [5.41, 5.74) is 1.28. The SMILES string of the molecule is O=C=NC1(c2cccc3cnoc23)CCC1. The minimum atomic E-state index is -0.416. The van der Waals surface area contributed by atoms with E-state index in [-0.39, 0.29) is 0 Å². The molecule has 0 spiro atoms. The molecule has 0 amide bonds. The topological polar surface area (TPSA) is 55.5 Å². The van der Waals surface area contributed by atoms with Crippen LogP contribution in [0.5, 0.6) is 0 Å². The predicted molar refractivity (Wildman–Crippen MR) is 57.7 cm³/mol. The standard InChI is InChI=1S/C12H10N2O2/c15-8-13-12(5-2-6-12)10-4-1-3-9-7-14-16-11(9)10/h1,3-4,7H,2,5-6H2. The molecule has 4 heteroatoms. The number of aliphatic imine (C=N–C) groups is 1. The van der Waals surface area contributed by atoms with E-state index in [2.05, 4.69) is 10.1 Å². The second kappa shape index (κ2) is 3.29. The fraction of sp³-hybridized carbons (Fsp3) is 0.333. The zero-order valence-corrected chi connectivity index (χ0v) is 8.64. The Morgan fingerprint density at radius 2 is 2.31 bits per heavy atom. The molecule has 0 bridgehead atoms. The average molecular weight is 214 g/mol. The lowest BCUT2D eigenvalue weighted by atomic mass is 9.72. The molecule has 0 aliphatic heterocycles. The van der Waals surface area contributed by atoms with Gasteiger partial charge in [0.25, 0.3) is 0 Å². The van der Waals surface area contributed by atoms with Gasteiger partial charge in [-0.25, -0.2) is 4.79 Å². The number of carbonyl (C=O) groups excluding carboxylic acids is 1. The zero-order chi connectivity index (χ0) is 11.0. The summed E-state index contributed by atoms with van der Waals surface area (Å²) in [4.78, 5) is 14.5. The third kappa shape index (κ3) is 1.14. The molecule has 1 aliphatic carbocycles. The number of fused-ring (bicyclic) bond motifs is 1. The van der Waals surface area contributed by atoms with Crippen molar-refractivity contribution in [3.05, 3.63) is 30.0 Å². The van der Waals surface area contributed by atoms with E-state index in [1.807, 2.05) is 18.2 Å². The van der Waals surface area contributed by atoms with Crippen LogP contribution in [-0.4, -0.2) is 11.2 Å². The summed E-state index contributed by atoms with van der Waals surface area (Å²) in [5, 5.41) is 4.73. The van der Waals surface area contributed by atoms with Crippen LogP contribution in [0.15, 0.2) is 33.9 Å². The zero-order valence-electron chi connectivity index (χ0n) is 8.64. The summed E-state index contributed by atoms with van der Waals surface area (Å²) < 4.78 is 5.24. The van der Waals surface area contributed by atoms with Crippen LogP contribution in [0.4, 0.5) is 0 Å². The molecule has 80 valence electrons. The van der Waals surface area contributed by atoms with Crippen LogP contribution in [0.25, 0.3) is 11.0 Å². The molecular formula is C12H10N2O2. The Bertz CT molecular complexity index is 577. The van der Waals surface area contributed by atoms with E-state index in [1.165, 1.54) is 0 Å². The second-order valence-corrected chi connectivity index (χ2v) is 4.14. The van der Waals surface area contributed by atoms with Crippen molar-refractivity contribution in [2.24, 2.45) is 4.99 Å². The van der Waals surface area contributed by atoms with E-state index >= 15 is 0 Å². The minimum absolute atomic E-state index is 0.416. The summed E-state index contributed by atoms with van der Waals surface area (Å²) in [6.07, 6.45) is 6.19. The van der Waals surface area contributed by atoms with E-state index in [0.29, 0.717) is 0 Å². The van der Waals surface area contributed by atoms with Crippen molar-refractivity contribution >= 4 is 17.0 Å². The molecule has 1 aromatic heterocycles. The molecule has 0 atom stereocenters. The van der Waals surface area contributed by atoms with Crippen molar-refractivity contribution in [3.63, 3.8) is 0 Å². The predicted octanol–water partition coefficient (Wildman–Crippen LogP) is 2.54. The van der Waals surface area contributed by atoms with E-state index in [4.69, 9.17) is 4.52 Å². The van der Waals surface area contributed by atoms with E-state index in [1.54, 1.807) is 12.3 Å². The molecule has 0 unspecified atom stereocenters. The Morgan fingerprint density at radius 1 is 1.44 bits per heavy atom. The summed E-state index contributed by atoms with van der Waals surface area (Å²) in [7, 11) is 0. The first-order valence-corrected chi connectivity index (χ1v) is 5.29. The maximum Gasteiger partial charge on any atom is 0.235 e. The summed E-state index contributed by atoms with van der Waals surface area (Å²) >= 11 is 0. The van der Waals surface area contributed by atoms with Crippen LogP contribution in [0.3, 0.4) is 0 Å². The van der Waals surface area contributed by atoms with Crippen LogP contribution in [0.1, 0.15) is 24.8 Å². The van der Waals surface area contributed by atoms with Crippen molar-refractivity contribution in [1.29, 1.82) is 0 Å². The molecule has 1 heterocycles. The van der Waals surface area contributed by atoms with Crippen LogP contribution in [0.2, 0.25) is 0 Å². The maximum atomic E-state index is 10.5. The Hall–Kier alpha value is -1.93. The second-order valence-electron chi connectivity index (χ2n) is 4.14. The number of hydrogen-bond acceptors (Lipinski definition) is 4. The fourth-order valence-electron chi connectivity index (χ4n) is 2.30. The molecule has 1 fully saturated rings. The lowest BCUT2D eigenvalue weighted by Gasteiger charge is -2.36. The number of aromatic nitrogens is 1. The minimum Gasteiger partial charge on any atom is -0.356 e.